The number of pyridine rings is 1. The molecule has 3 rings (SSSR count). The summed E-state index contributed by atoms with van der Waals surface area (Å²) in [6.45, 7) is 1.96. The second kappa shape index (κ2) is 5.66. The monoisotopic (exact) mass is 281 g/mol. The number of anilines is 1. The highest BCUT2D eigenvalue weighted by molar-refractivity contribution is 5.91. The summed E-state index contributed by atoms with van der Waals surface area (Å²) in [6, 6.07) is 13.2. The van der Waals surface area contributed by atoms with E-state index in [1.54, 1.807) is 6.20 Å². The molecule has 0 bridgehead atoms. The first-order chi connectivity index (χ1) is 10.2. The Morgan fingerprint density at radius 1 is 1.24 bits per heavy atom. The van der Waals surface area contributed by atoms with Gasteiger partial charge in [-0.2, -0.15) is 0 Å². The van der Waals surface area contributed by atoms with Gasteiger partial charge in [0, 0.05) is 6.20 Å². The van der Waals surface area contributed by atoms with Crippen LogP contribution in [-0.4, -0.2) is 21.9 Å². The van der Waals surface area contributed by atoms with Crippen molar-refractivity contribution in [1.29, 1.82) is 0 Å². The predicted octanol–water partition coefficient (Wildman–Crippen LogP) is 2.66. The average molecular weight is 281 g/mol. The first-order valence-electron chi connectivity index (χ1n) is 6.64. The molecule has 0 atom stereocenters. The number of benzene rings is 1. The maximum Gasteiger partial charge on any atom is 0.263 e. The second-order valence-corrected chi connectivity index (χ2v) is 4.74. The molecule has 0 aliphatic heterocycles. The average Bonchev–Trinajstić information content (AvgIpc) is 2.88. The van der Waals surface area contributed by atoms with Gasteiger partial charge in [-0.3, -0.25) is 4.79 Å². The fraction of sp³-hybridized carbons (Fsp3) is 0.125. The molecule has 106 valence electrons. The second-order valence-electron chi connectivity index (χ2n) is 4.74. The van der Waals surface area contributed by atoms with Crippen LogP contribution in [0.2, 0.25) is 0 Å². The van der Waals surface area contributed by atoms with Gasteiger partial charge in [-0.15, -0.1) is 0 Å². The number of nitrogens with one attached hydrogen (secondary N) is 1. The topological polar surface area (TPSA) is 55.6 Å². The molecular formula is C16H15N3O2. The van der Waals surface area contributed by atoms with E-state index in [4.69, 9.17) is 4.74 Å². The number of aryl methyl sites for hydroxylation is 1. The van der Waals surface area contributed by atoms with Crippen molar-refractivity contribution < 1.29 is 9.53 Å². The lowest BCUT2D eigenvalue weighted by atomic mass is 10.2. The van der Waals surface area contributed by atoms with Gasteiger partial charge in [-0.25, -0.2) is 4.98 Å². The van der Waals surface area contributed by atoms with Crippen LogP contribution in [-0.2, 0) is 4.79 Å². The number of amides is 1. The van der Waals surface area contributed by atoms with E-state index in [2.05, 4.69) is 10.3 Å². The lowest BCUT2D eigenvalue weighted by molar-refractivity contribution is -0.118. The van der Waals surface area contributed by atoms with Gasteiger partial charge in [-0.1, -0.05) is 23.8 Å². The molecule has 0 saturated heterocycles. The van der Waals surface area contributed by atoms with Crippen molar-refractivity contribution in [1.82, 2.24) is 9.38 Å². The van der Waals surface area contributed by atoms with E-state index in [-0.39, 0.29) is 12.5 Å². The zero-order valence-electron chi connectivity index (χ0n) is 11.6. The molecule has 1 amide bonds. The highest BCUT2D eigenvalue weighted by Crippen LogP contribution is 2.12. The SMILES string of the molecule is Cc1ccc(OCC(=O)Nc2cn3ccccc3n2)cc1. The quantitative estimate of drug-likeness (QED) is 0.800. The summed E-state index contributed by atoms with van der Waals surface area (Å²) in [7, 11) is 0. The first-order valence-corrected chi connectivity index (χ1v) is 6.64. The van der Waals surface area contributed by atoms with Crippen molar-refractivity contribution in [3.8, 4) is 5.75 Å². The van der Waals surface area contributed by atoms with Gasteiger partial charge in [0.05, 0.1) is 6.20 Å². The number of imidazole rings is 1. The minimum absolute atomic E-state index is 0.0447. The van der Waals surface area contributed by atoms with Crippen LogP contribution in [0.1, 0.15) is 5.56 Å². The summed E-state index contributed by atoms with van der Waals surface area (Å²) in [5.74, 6) is 0.948. The lowest BCUT2D eigenvalue weighted by Gasteiger charge is -2.05. The van der Waals surface area contributed by atoms with Crippen LogP contribution < -0.4 is 10.1 Å². The van der Waals surface area contributed by atoms with E-state index in [9.17, 15) is 4.79 Å². The van der Waals surface area contributed by atoms with Crippen LogP contribution in [0.3, 0.4) is 0 Å². The van der Waals surface area contributed by atoms with Crippen LogP contribution in [0.5, 0.6) is 5.75 Å². The molecule has 1 aromatic carbocycles. The molecule has 2 aromatic heterocycles. The van der Waals surface area contributed by atoms with Gasteiger partial charge in [-0.05, 0) is 31.2 Å². The van der Waals surface area contributed by atoms with Crippen molar-refractivity contribution in [3.05, 3.63) is 60.4 Å². The molecule has 0 aliphatic rings. The number of carbonyl (C=O) groups excluding carboxylic acids is 1. The third-order valence-electron chi connectivity index (χ3n) is 3.02. The summed E-state index contributed by atoms with van der Waals surface area (Å²) < 4.78 is 7.27. The molecule has 1 N–H and O–H groups in total. The Hall–Kier alpha value is -2.82. The van der Waals surface area contributed by atoms with Crippen LogP contribution in [0.15, 0.2) is 54.9 Å². The Labute approximate surface area is 122 Å². The highest BCUT2D eigenvalue weighted by Gasteiger charge is 2.06. The minimum Gasteiger partial charge on any atom is -0.484 e. The molecule has 0 radical (unpaired) electrons. The standard InChI is InChI=1S/C16H15N3O2/c1-12-5-7-13(8-6-12)21-11-16(20)18-14-10-19-9-3-2-4-15(19)17-14/h2-10H,11H2,1H3,(H,18,20). The van der Waals surface area contributed by atoms with E-state index in [1.165, 1.54) is 0 Å². The predicted molar refractivity (Wildman–Crippen MR) is 80.5 cm³/mol. The smallest absolute Gasteiger partial charge is 0.263 e. The summed E-state index contributed by atoms with van der Waals surface area (Å²) >= 11 is 0. The number of ether oxygens (including phenoxy) is 1. The molecule has 5 nitrogen and oxygen atoms in total. The Bertz CT molecular complexity index is 730. The Morgan fingerprint density at radius 3 is 2.81 bits per heavy atom. The minimum atomic E-state index is -0.237. The molecule has 0 saturated carbocycles. The van der Waals surface area contributed by atoms with E-state index in [0.717, 1.165) is 11.2 Å². The molecule has 21 heavy (non-hydrogen) atoms. The number of hydrogen-bond acceptors (Lipinski definition) is 3. The maximum atomic E-state index is 11.8. The zero-order chi connectivity index (χ0) is 14.7. The maximum absolute atomic E-state index is 11.8. The van der Waals surface area contributed by atoms with Crippen molar-refractivity contribution in [2.45, 2.75) is 6.92 Å². The summed E-state index contributed by atoms with van der Waals surface area (Å²) in [6.07, 6.45) is 3.64. The molecule has 0 fully saturated rings. The summed E-state index contributed by atoms with van der Waals surface area (Å²) in [5, 5.41) is 2.72. The molecule has 2 heterocycles. The number of rotatable bonds is 4. The van der Waals surface area contributed by atoms with E-state index < -0.39 is 0 Å². The fourth-order valence-electron chi connectivity index (χ4n) is 1.96. The van der Waals surface area contributed by atoms with Crippen molar-refractivity contribution >= 4 is 17.4 Å². The van der Waals surface area contributed by atoms with E-state index >= 15 is 0 Å². The Morgan fingerprint density at radius 2 is 2.05 bits per heavy atom. The van der Waals surface area contributed by atoms with Crippen LogP contribution >= 0.6 is 0 Å². The van der Waals surface area contributed by atoms with Crippen LogP contribution in [0, 0.1) is 6.92 Å². The van der Waals surface area contributed by atoms with Gasteiger partial charge in [0.2, 0.25) is 0 Å². The van der Waals surface area contributed by atoms with Crippen molar-refractivity contribution in [2.24, 2.45) is 0 Å². The molecule has 0 aliphatic carbocycles. The number of nitrogens with zero attached hydrogens (tertiary/aromatic N) is 2. The number of aromatic nitrogens is 2. The van der Waals surface area contributed by atoms with Gasteiger partial charge >= 0.3 is 0 Å². The Kier molecular flexibility index (Phi) is 3.55. The van der Waals surface area contributed by atoms with Gasteiger partial charge in [0.1, 0.15) is 11.4 Å². The molecule has 5 heteroatoms. The van der Waals surface area contributed by atoms with Crippen LogP contribution in [0.4, 0.5) is 5.82 Å². The molecule has 0 unspecified atom stereocenters. The van der Waals surface area contributed by atoms with E-state index in [1.807, 2.05) is 60.0 Å². The first kappa shape index (κ1) is 13.2. The largest absolute Gasteiger partial charge is 0.484 e. The highest BCUT2D eigenvalue weighted by atomic mass is 16.5. The number of hydrogen-bond donors (Lipinski definition) is 1. The van der Waals surface area contributed by atoms with Gasteiger partial charge < -0.3 is 14.5 Å². The molecule has 3 aromatic rings. The van der Waals surface area contributed by atoms with Gasteiger partial charge in [0.15, 0.2) is 12.4 Å². The van der Waals surface area contributed by atoms with Gasteiger partial charge in [0.25, 0.3) is 5.91 Å². The normalized spacial score (nSPS) is 10.5. The zero-order valence-corrected chi connectivity index (χ0v) is 11.6. The summed E-state index contributed by atoms with van der Waals surface area (Å²) in [5.41, 5.74) is 1.93. The van der Waals surface area contributed by atoms with Crippen molar-refractivity contribution in [3.63, 3.8) is 0 Å². The summed E-state index contributed by atoms with van der Waals surface area (Å²) in [4.78, 5) is 16.1. The molecular weight excluding hydrogens is 266 g/mol. The third-order valence-corrected chi connectivity index (χ3v) is 3.02. The lowest BCUT2D eigenvalue weighted by Crippen LogP contribution is -2.20. The number of fused-ring (bicyclic) bond motifs is 1. The third kappa shape index (κ3) is 3.20. The Balaban J connectivity index is 1.59. The molecule has 0 spiro atoms. The van der Waals surface area contributed by atoms with E-state index in [0.29, 0.717) is 11.6 Å². The fourth-order valence-corrected chi connectivity index (χ4v) is 1.96. The van der Waals surface area contributed by atoms with Crippen molar-refractivity contribution in [2.75, 3.05) is 11.9 Å². The van der Waals surface area contributed by atoms with Crippen LogP contribution in [0.25, 0.3) is 5.65 Å². The number of carbonyl (C=O) groups is 1.